The van der Waals surface area contributed by atoms with Gasteiger partial charge in [-0.1, -0.05) is 48.0 Å². The summed E-state index contributed by atoms with van der Waals surface area (Å²) >= 11 is 0. The highest BCUT2D eigenvalue weighted by Gasteiger charge is 2.32. The molecule has 0 radical (unpaired) electrons. The first-order chi connectivity index (χ1) is 16.3. The molecule has 0 bridgehead atoms. The zero-order valence-electron chi connectivity index (χ0n) is 22.6. The van der Waals surface area contributed by atoms with Crippen LogP contribution in [0.5, 0.6) is 0 Å². The standard InChI is InChI=1S/C25H48N4O6/c1-8-35-21(32)14-19(30)18(11-9-10-12-26)27-24(33)23(17(6)7)29-25(34)22(16(4)5)28-20(31)13-15(2)3/h15-19,22-23,30H,8-14,26H2,1-7H3,(H,27,33)(H,28,31)(H,29,34)/t18-,19-,22?,23-/m0/s1. The third-order valence-electron chi connectivity index (χ3n) is 5.55. The molecule has 0 saturated carbocycles. The zero-order chi connectivity index (χ0) is 27.1. The van der Waals surface area contributed by atoms with Gasteiger partial charge in [0.1, 0.15) is 12.1 Å². The summed E-state index contributed by atoms with van der Waals surface area (Å²) in [7, 11) is 0. The van der Waals surface area contributed by atoms with Crippen LogP contribution in [0.2, 0.25) is 0 Å². The van der Waals surface area contributed by atoms with Crippen molar-refractivity contribution in [3.05, 3.63) is 0 Å². The Kier molecular flexibility index (Phi) is 16.2. The Balaban J connectivity index is 5.45. The molecule has 0 aliphatic rings. The van der Waals surface area contributed by atoms with Crippen LogP contribution >= 0.6 is 0 Å². The number of aliphatic hydroxyl groups excluding tert-OH is 1. The molecular weight excluding hydrogens is 452 g/mol. The maximum Gasteiger partial charge on any atom is 0.308 e. The van der Waals surface area contributed by atoms with Crippen LogP contribution in [0.4, 0.5) is 0 Å². The molecule has 0 aromatic heterocycles. The average Bonchev–Trinajstić information content (AvgIpc) is 2.74. The molecular formula is C25H48N4O6. The number of carbonyl (C=O) groups is 4. The average molecular weight is 501 g/mol. The summed E-state index contributed by atoms with van der Waals surface area (Å²) in [4.78, 5) is 50.3. The van der Waals surface area contributed by atoms with Crippen molar-refractivity contribution in [1.29, 1.82) is 0 Å². The third kappa shape index (κ3) is 13.5. The van der Waals surface area contributed by atoms with Crippen molar-refractivity contribution in [2.45, 2.75) is 105 Å². The Morgan fingerprint density at radius 2 is 1.37 bits per heavy atom. The lowest BCUT2D eigenvalue weighted by atomic mass is 9.97. The van der Waals surface area contributed by atoms with E-state index in [0.29, 0.717) is 32.2 Å². The minimum atomic E-state index is -1.14. The molecule has 6 N–H and O–H groups in total. The van der Waals surface area contributed by atoms with E-state index in [1.54, 1.807) is 20.8 Å². The minimum absolute atomic E-state index is 0.150. The van der Waals surface area contributed by atoms with E-state index in [-0.39, 0.29) is 36.7 Å². The molecule has 204 valence electrons. The third-order valence-corrected chi connectivity index (χ3v) is 5.55. The number of ether oxygens (including phenoxy) is 1. The van der Waals surface area contributed by atoms with Crippen molar-refractivity contribution in [2.75, 3.05) is 13.2 Å². The number of hydrogen-bond donors (Lipinski definition) is 5. The van der Waals surface area contributed by atoms with Crippen LogP contribution in [0.1, 0.15) is 80.6 Å². The van der Waals surface area contributed by atoms with Crippen LogP contribution < -0.4 is 21.7 Å². The van der Waals surface area contributed by atoms with Gasteiger partial charge in [-0.3, -0.25) is 19.2 Å². The highest BCUT2D eigenvalue weighted by Crippen LogP contribution is 2.12. The second-order valence-corrected chi connectivity index (χ2v) is 10.1. The molecule has 3 amide bonds. The quantitative estimate of drug-likeness (QED) is 0.148. The number of rotatable bonds is 17. The molecule has 0 aromatic carbocycles. The summed E-state index contributed by atoms with van der Waals surface area (Å²) < 4.78 is 4.91. The Labute approximate surface area is 210 Å². The van der Waals surface area contributed by atoms with Gasteiger partial charge >= 0.3 is 5.97 Å². The smallest absolute Gasteiger partial charge is 0.308 e. The predicted molar refractivity (Wildman–Crippen MR) is 135 cm³/mol. The number of unbranched alkanes of at least 4 members (excludes halogenated alkanes) is 1. The molecule has 0 saturated heterocycles. The topological polar surface area (TPSA) is 160 Å². The molecule has 10 heteroatoms. The monoisotopic (exact) mass is 500 g/mol. The van der Waals surface area contributed by atoms with Crippen LogP contribution in [-0.4, -0.2) is 66.2 Å². The Bertz CT molecular complexity index is 668. The van der Waals surface area contributed by atoms with Gasteiger partial charge in [0, 0.05) is 6.42 Å². The number of amides is 3. The Morgan fingerprint density at radius 1 is 0.829 bits per heavy atom. The zero-order valence-corrected chi connectivity index (χ0v) is 22.6. The van der Waals surface area contributed by atoms with Crippen LogP contribution in [0.3, 0.4) is 0 Å². The van der Waals surface area contributed by atoms with Crippen molar-refractivity contribution >= 4 is 23.7 Å². The normalized spacial score (nSPS) is 14.9. The van der Waals surface area contributed by atoms with Crippen molar-refractivity contribution in [3.8, 4) is 0 Å². The van der Waals surface area contributed by atoms with Crippen molar-refractivity contribution in [2.24, 2.45) is 23.5 Å². The van der Waals surface area contributed by atoms with Crippen molar-refractivity contribution in [1.82, 2.24) is 16.0 Å². The molecule has 4 atom stereocenters. The molecule has 0 spiro atoms. The molecule has 35 heavy (non-hydrogen) atoms. The molecule has 0 aromatic rings. The van der Waals surface area contributed by atoms with Gasteiger partial charge in [0.2, 0.25) is 17.7 Å². The summed E-state index contributed by atoms with van der Waals surface area (Å²) in [6.45, 7) is 13.4. The molecule has 0 aliphatic carbocycles. The lowest BCUT2D eigenvalue weighted by Crippen LogP contribution is -2.58. The lowest BCUT2D eigenvalue weighted by molar-refractivity contribution is -0.146. The van der Waals surface area contributed by atoms with Gasteiger partial charge in [-0.2, -0.15) is 0 Å². The first-order valence-electron chi connectivity index (χ1n) is 12.8. The van der Waals surface area contributed by atoms with E-state index in [4.69, 9.17) is 10.5 Å². The number of aliphatic hydroxyl groups is 1. The van der Waals surface area contributed by atoms with Crippen LogP contribution in [-0.2, 0) is 23.9 Å². The fourth-order valence-electron chi connectivity index (χ4n) is 3.59. The summed E-state index contributed by atoms with van der Waals surface area (Å²) in [5.74, 6) is -1.98. The van der Waals surface area contributed by atoms with E-state index in [1.165, 1.54) is 0 Å². The second-order valence-electron chi connectivity index (χ2n) is 10.1. The molecule has 1 unspecified atom stereocenters. The SMILES string of the molecule is CCOC(=O)C[C@H](O)[C@H](CCCCN)NC(=O)[C@@H](NC(=O)C(NC(=O)CC(C)C)C(C)C)C(C)C. The maximum atomic E-state index is 13.2. The first kappa shape index (κ1) is 32.8. The molecule has 0 rings (SSSR count). The lowest BCUT2D eigenvalue weighted by Gasteiger charge is -2.30. The highest BCUT2D eigenvalue weighted by atomic mass is 16.5. The second kappa shape index (κ2) is 17.3. The number of nitrogens with one attached hydrogen (secondary N) is 3. The first-order valence-corrected chi connectivity index (χ1v) is 12.8. The van der Waals surface area contributed by atoms with Gasteiger partial charge in [-0.25, -0.2) is 0 Å². The molecule has 0 aliphatic heterocycles. The van der Waals surface area contributed by atoms with Gasteiger partial charge in [-0.05, 0) is 44.1 Å². The minimum Gasteiger partial charge on any atom is -0.466 e. The van der Waals surface area contributed by atoms with Crippen LogP contribution in [0.25, 0.3) is 0 Å². The van der Waals surface area contributed by atoms with E-state index in [9.17, 15) is 24.3 Å². The predicted octanol–water partition coefficient (Wildman–Crippen LogP) is 1.24. The van der Waals surface area contributed by atoms with E-state index < -0.39 is 42.0 Å². The fourth-order valence-corrected chi connectivity index (χ4v) is 3.59. The Hall–Kier alpha value is -2.20. The highest BCUT2D eigenvalue weighted by molar-refractivity contribution is 5.92. The number of nitrogens with two attached hydrogens (primary N) is 1. The summed E-state index contributed by atoms with van der Waals surface area (Å²) in [6.07, 6.45) is 0.678. The number of esters is 1. The Morgan fingerprint density at radius 3 is 1.86 bits per heavy atom. The van der Waals surface area contributed by atoms with E-state index in [2.05, 4.69) is 16.0 Å². The summed E-state index contributed by atoms with van der Waals surface area (Å²) in [5.41, 5.74) is 5.57. The van der Waals surface area contributed by atoms with Gasteiger partial charge in [0.15, 0.2) is 0 Å². The molecule has 0 fully saturated rings. The maximum absolute atomic E-state index is 13.2. The van der Waals surface area contributed by atoms with Gasteiger partial charge in [0.05, 0.1) is 25.2 Å². The van der Waals surface area contributed by atoms with Gasteiger partial charge in [0.25, 0.3) is 0 Å². The van der Waals surface area contributed by atoms with Crippen molar-refractivity contribution in [3.63, 3.8) is 0 Å². The van der Waals surface area contributed by atoms with Crippen molar-refractivity contribution < 1.29 is 29.0 Å². The van der Waals surface area contributed by atoms with Gasteiger partial charge < -0.3 is 31.5 Å². The number of carbonyl (C=O) groups excluding carboxylic acids is 4. The van der Waals surface area contributed by atoms with E-state index in [1.807, 2.05) is 27.7 Å². The summed E-state index contributed by atoms with van der Waals surface area (Å²) in [6, 6.07) is -2.38. The molecule has 10 nitrogen and oxygen atoms in total. The number of hydrogen-bond acceptors (Lipinski definition) is 7. The van der Waals surface area contributed by atoms with E-state index in [0.717, 1.165) is 0 Å². The molecule has 0 heterocycles. The fraction of sp³-hybridized carbons (Fsp3) is 0.840. The largest absolute Gasteiger partial charge is 0.466 e. The van der Waals surface area contributed by atoms with Crippen LogP contribution in [0.15, 0.2) is 0 Å². The van der Waals surface area contributed by atoms with Gasteiger partial charge in [-0.15, -0.1) is 0 Å². The van der Waals surface area contributed by atoms with E-state index >= 15 is 0 Å². The van der Waals surface area contributed by atoms with Crippen LogP contribution in [0, 0.1) is 17.8 Å². The summed E-state index contributed by atoms with van der Waals surface area (Å²) in [5, 5.41) is 19.0.